The molecule has 0 saturated carbocycles. The largest absolute Gasteiger partial charge is 0.445 e. The molecule has 0 aromatic heterocycles. The fourth-order valence-corrected chi connectivity index (χ4v) is 1.48. The van der Waals surface area contributed by atoms with Gasteiger partial charge in [0.25, 0.3) is 0 Å². The molecule has 0 bridgehead atoms. The minimum Gasteiger partial charge on any atom is -0.445 e. The average Bonchev–Trinajstić information content (AvgIpc) is 2.62. The molecule has 0 radical (unpaired) electrons. The van der Waals surface area contributed by atoms with Crippen molar-refractivity contribution in [1.82, 2.24) is 4.90 Å². The standard InChI is InChI=1S/C10H15NO3/c1-3-6-14-10(13)11-5-4-9(7-11)8(2)12/h3,9H,1,4-7H2,2H3/t9-/m1/s1. The Morgan fingerprint density at radius 3 is 2.86 bits per heavy atom. The number of Topliss-reactive ketones (excluding diaryl/α,β-unsaturated/α-hetero) is 1. The maximum atomic E-state index is 11.3. The molecule has 1 aliphatic heterocycles. The van der Waals surface area contributed by atoms with Gasteiger partial charge in [-0.1, -0.05) is 12.7 Å². The van der Waals surface area contributed by atoms with Gasteiger partial charge in [0, 0.05) is 19.0 Å². The molecule has 14 heavy (non-hydrogen) atoms. The summed E-state index contributed by atoms with van der Waals surface area (Å²) in [5.74, 6) is 0.135. The van der Waals surface area contributed by atoms with Gasteiger partial charge in [-0.05, 0) is 13.3 Å². The molecule has 1 amide bonds. The molecule has 0 spiro atoms. The molecule has 0 N–H and O–H groups in total. The summed E-state index contributed by atoms with van der Waals surface area (Å²) in [7, 11) is 0. The predicted octanol–water partition coefficient (Wildman–Crippen LogP) is 1.22. The maximum absolute atomic E-state index is 11.3. The Labute approximate surface area is 83.5 Å². The highest BCUT2D eigenvalue weighted by atomic mass is 16.6. The summed E-state index contributed by atoms with van der Waals surface area (Å²) in [6.45, 7) is 6.34. The minimum absolute atomic E-state index is 0.00807. The van der Waals surface area contributed by atoms with Gasteiger partial charge < -0.3 is 9.64 Å². The smallest absolute Gasteiger partial charge is 0.410 e. The lowest BCUT2D eigenvalue weighted by atomic mass is 10.1. The molecular weight excluding hydrogens is 182 g/mol. The second-order valence-corrected chi connectivity index (χ2v) is 3.41. The lowest BCUT2D eigenvalue weighted by Gasteiger charge is -2.14. The van der Waals surface area contributed by atoms with Gasteiger partial charge in [-0.15, -0.1) is 0 Å². The number of hydrogen-bond donors (Lipinski definition) is 0. The summed E-state index contributed by atoms with van der Waals surface area (Å²) in [6.07, 6.45) is 1.92. The molecule has 4 nitrogen and oxygen atoms in total. The molecule has 4 heteroatoms. The molecule has 1 rings (SSSR count). The van der Waals surface area contributed by atoms with Gasteiger partial charge in [0.05, 0.1) is 0 Å². The van der Waals surface area contributed by atoms with E-state index >= 15 is 0 Å². The van der Waals surface area contributed by atoms with E-state index in [9.17, 15) is 9.59 Å². The zero-order valence-corrected chi connectivity index (χ0v) is 8.36. The Bertz CT molecular complexity index is 250. The van der Waals surface area contributed by atoms with Gasteiger partial charge in [-0.25, -0.2) is 4.79 Å². The van der Waals surface area contributed by atoms with E-state index in [0.29, 0.717) is 13.1 Å². The van der Waals surface area contributed by atoms with Crippen LogP contribution in [0.3, 0.4) is 0 Å². The maximum Gasteiger partial charge on any atom is 0.410 e. The van der Waals surface area contributed by atoms with E-state index in [1.807, 2.05) is 0 Å². The van der Waals surface area contributed by atoms with Crippen LogP contribution in [0.5, 0.6) is 0 Å². The minimum atomic E-state index is -0.353. The van der Waals surface area contributed by atoms with Crippen LogP contribution in [0, 0.1) is 5.92 Å². The molecule has 1 atom stereocenters. The Morgan fingerprint density at radius 2 is 2.36 bits per heavy atom. The van der Waals surface area contributed by atoms with E-state index in [-0.39, 0.29) is 24.4 Å². The summed E-state index contributed by atoms with van der Waals surface area (Å²) in [5, 5.41) is 0. The van der Waals surface area contributed by atoms with Crippen LogP contribution >= 0.6 is 0 Å². The van der Waals surface area contributed by atoms with Crippen LogP contribution in [0.4, 0.5) is 4.79 Å². The lowest BCUT2D eigenvalue weighted by Crippen LogP contribution is -2.30. The normalized spacial score (nSPS) is 20.6. The molecule has 0 aromatic rings. The molecule has 0 aromatic carbocycles. The highest BCUT2D eigenvalue weighted by molar-refractivity contribution is 5.80. The van der Waals surface area contributed by atoms with Crippen molar-refractivity contribution in [2.24, 2.45) is 5.92 Å². The highest BCUT2D eigenvalue weighted by Gasteiger charge is 2.29. The third-order valence-electron chi connectivity index (χ3n) is 2.35. The van der Waals surface area contributed by atoms with Crippen LogP contribution in [-0.4, -0.2) is 36.5 Å². The molecular formula is C10H15NO3. The van der Waals surface area contributed by atoms with E-state index in [1.165, 1.54) is 6.08 Å². The number of carbonyl (C=O) groups is 2. The molecule has 1 saturated heterocycles. The number of ketones is 1. The number of carbonyl (C=O) groups excluding carboxylic acids is 2. The summed E-state index contributed by atoms with van der Waals surface area (Å²) in [6, 6.07) is 0. The third-order valence-corrected chi connectivity index (χ3v) is 2.35. The van der Waals surface area contributed by atoms with Crippen molar-refractivity contribution in [3.05, 3.63) is 12.7 Å². The second-order valence-electron chi connectivity index (χ2n) is 3.41. The molecule has 1 heterocycles. The number of likely N-dealkylation sites (tertiary alicyclic amines) is 1. The zero-order valence-electron chi connectivity index (χ0n) is 8.36. The number of ether oxygens (including phenoxy) is 1. The number of nitrogens with zero attached hydrogens (tertiary/aromatic N) is 1. The first-order chi connectivity index (χ1) is 6.65. The van der Waals surface area contributed by atoms with Crippen LogP contribution in [0.25, 0.3) is 0 Å². The lowest BCUT2D eigenvalue weighted by molar-refractivity contribution is -0.120. The fourth-order valence-electron chi connectivity index (χ4n) is 1.48. The molecule has 78 valence electrons. The Hall–Kier alpha value is -1.32. The molecule has 1 fully saturated rings. The Kier molecular flexibility index (Phi) is 3.68. The summed E-state index contributed by atoms with van der Waals surface area (Å²) < 4.78 is 4.86. The third kappa shape index (κ3) is 2.58. The first-order valence-corrected chi connectivity index (χ1v) is 4.68. The molecule has 0 aliphatic carbocycles. The quantitative estimate of drug-likeness (QED) is 0.639. The van der Waals surface area contributed by atoms with E-state index in [0.717, 1.165) is 6.42 Å². The predicted molar refractivity (Wildman–Crippen MR) is 51.9 cm³/mol. The summed E-state index contributed by atoms with van der Waals surface area (Å²) >= 11 is 0. The topological polar surface area (TPSA) is 46.6 Å². The van der Waals surface area contributed by atoms with Crippen LogP contribution in [0.15, 0.2) is 12.7 Å². The first kappa shape index (κ1) is 10.8. The zero-order chi connectivity index (χ0) is 10.6. The highest BCUT2D eigenvalue weighted by Crippen LogP contribution is 2.17. The van der Waals surface area contributed by atoms with Gasteiger partial charge in [-0.3, -0.25) is 4.79 Å². The fraction of sp³-hybridized carbons (Fsp3) is 0.600. The van der Waals surface area contributed by atoms with Gasteiger partial charge in [-0.2, -0.15) is 0 Å². The van der Waals surface area contributed by atoms with Gasteiger partial charge in [0.15, 0.2) is 0 Å². The van der Waals surface area contributed by atoms with Gasteiger partial charge in [0.1, 0.15) is 12.4 Å². The van der Waals surface area contributed by atoms with E-state index < -0.39 is 0 Å². The van der Waals surface area contributed by atoms with Crippen molar-refractivity contribution < 1.29 is 14.3 Å². The first-order valence-electron chi connectivity index (χ1n) is 4.68. The number of rotatable bonds is 3. The van der Waals surface area contributed by atoms with Crippen molar-refractivity contribution in [1.29, 1.82) is 0 Å². The van der Waals surface area contributed by atoms with E-state index in [2.05, 4.69) is 6.58 Å². The van der Waals surface area contributed by atoms with Crippen LogP contribution in [0.1, 0.15) is 13.3 Å². The Morgan fingerprint density at radius 1 is 1.64 bits per heavy atom. The summed E-state index contributed by atoms with van der Waals surface area (Å²) in [5.41, 5.74) is 0. The average molecular weight is 197 g/mol. The van der Waals surface area contributed by atoms with Crippen LogP contribution < -0.4 is 0 Å². The van der Waals surface area contributed by atoms with Crippen LogP contribution in [0.2, 0.25) is 0 Å². The summed E-state index contributed by atoms with van der Waals surface area (Å²) in [4.78, 5) is 23.9. The molecule has 0 unspecified atom stereocenters. The molecule has 1 aliphatic rings. The number of amides is 1. The van der Waals surface area contributed by atoms with Crippen LogP contribution in [-0.2, 0) is 9.53 Å². The van der Waals surface area contributed by atoms with Gasteiger partial charge in [0.2, 0.25) is 0 Å². The van der Waals surface area contributed by atoms with Crippen molar-refractivity contribution in [3.8, 4) is 0 Å². The van der Waals surface area contributed by atoms with Crippen molar-refractivity contribution >= 4 is 11.9 Å². The SMILES string of the molecule is C=CCOC(=O)N1CC[C@@H](C(C)=O)C1. The van der Waals surface area contributed by atoms with Gasteiger partial charge >= 0.3 is 6.09 Å². The van der Waals surface area contributed by atoms with E-state index in [4.69, 9.17) is 4.74 Å². The Balaban J connectivity index is 2.37. The van der Waals surface area contributed by atoms with Crippen molar-refractivity contribution in [2.45, 2.75) is 13.3 Å². The monoisotopic (exact) mass is 197 g/mol. The second kappa shape index (κ2) is 4.79. The van der Waals surface area contributed by atoms with E-state index in [1.54, 1.807) is 11.8 Å². The number of hydrogen-bond acceptors (Lipinski definition) is 3. The van der Waals surface area contributed by atoms with Crippen molar-refractivity contribution in [2.75, 3.05) is 19.7 Å². The van der Waals surface area contributed by atoms with Crippen molar-refractivity contribution in [3.63, 3.8) is 0 Å².